The smallest absolute Gasteiger partial charge is 0.326 e. The Hall–Kier alpha value is -1.55. The quantitative estimate of drug-likeness (QED) is 0.815. The second-order valence-corrected chi connectivity index (χ2v) is 4.63. The van der Waals surface area contributed by atoms with E-state index in [2.05, 4.69) is 0 Å². The number of rotatable bonds is 2. The average molecular weight is 254 g/mol. The van der Waals surface area contributed by atoms with Crippen molar-refractivity contribution < 1.29 is 14.7 Å². The standard InChI is InChI=1S/C12H12ClNO3/c13-9-6-10(12(16)17)14(7-9)11(15)8-4-2-1-3-5-8/h1-5,9-10H,6-7H2,(H,16,17)/t9-,10+/m1/s1. The Balaban J connectivity index is 2.22. The molecule has 0 saturated carbocycles. The summed E-state index contributed by atoms with van der Waals surface area (Å²) in [6.07, 6.45) is 0.301. The highest BCUT2D eigenvalue weighted by Crippen LogP contribution is 2.24. The van der Waals surface area contributed by atoms with Crippen molar-refractivity contribution in [2.75, 3.05) is 6.54 Å². The Labute approximate surface area is 104 Å². The normalized spacial score (nSPS) is 23.7. The Kier molecular flexibility index (Phi) is 3.33. The van der Waals surface area contributed by atoms with Gasteiger partial charge in [0.15, 0.2) is 0 Å². The van der Waals surface area contributed by atoms with Crippen LogP contribution in [-0.4, -0.2) is 39.8 Å². The number of nitrogens with zero attached hydrogens (tertiary/aromatic N) is 1. The predicted octanol–water partition coefficient (Wildman–Crippen LogP) is 1.59. The molecule has 0 unspecified atom stereocenters. The zero-order valence-corrected chi connectivity index (χ0v) is 9.80. The zero-order chi connectivity index (χ0) is 12.4. The maximum atomic E-state index is 12.1. The molecular formula is C12H12ClNO3. The summed E-state index contributed by atoms with van der Waals surface area (Å²) in [6, 6.07) is 7.82. The number of carbonyl (C=O) groups excluding carboxylic acids is 1. The molecule has 2 rings (SSSR count). The lowest BCUT2D eigenvalue weighted by Crippen LogP contribution is -2.40. The van der Waals surface area contributed by atoms with Gasteiger partial charge in [-0.1, -0.05) is 18.2 Å². The molecule has 0 radical (unpaired) electrons. The maximum absolute atomic E-state index is 12.1. The average Bonchev–Trinajstić information content (AvgIpc) is 2.72. The summed E-state index contributed by atoms with van der Waals surface area (Å²) in [5.41, 5.74) is 0.490. The number of halogens is 1. The number of likely N-dealkylation sites (tertiary alicyclic amines) is 1. The lowest BCUT2D eigenvalue weighted by molar-refractivity contribution is -0.141. The van der Waals surface area contributed by atoms with E-state index < -0.39 is 12.0 Å². The third-order valence-corrected chi connectivity index (χ3v) is 3.13. The summed E-state index contributed by atoms with van der Waals surface area (Å²) in [4.78, 5) is 24.5. The lowest BCUT2D eigenvalue weighted by atomic mass is 10.1. The van der Waals surface area contributed by atoms with Crippen LogP contribution in [0.4, 0.5) is 0 Å². The molecule has 1 fully saturated rings. The van der Waals surface area contributed by atoms with Gasteiger partial charge in [-0.15, -0.1) is 11.6 Å². The Bertz CT molecular complexity index is 435. The molecule has 1 saturated heterocycles. The van der Waals surface area contributed by atoms with E-state index in [0.717, 1.165) is 0 Å². The van der Waals surface area contributed by atoms with Crippen molar-refractivity contribution in [1.29, 1.82) is 0 Å². The first kappa shape index (κ1) is 11.9. The number of carboxylic acid groups (broad SMARTS) is 1. The van der Waals surface area contributed by atoms with E-state index in [1.807, 2.05) is 0 Å². The minimum absolute atomic E-state index is 0.277. The van der Waals surface area contributed by atoms with Crippen LogP contribution in [-0.2, 0) is 4.79 Å². The number of carbonyl (C=O) groups is 2. The fraction of sp³-hybridized carbons (Fsp3) is 0.333. The van der Waals surface area contributed by atoms with Crippen molar-refractivity contribution in [2.45, 2.75) is 17.8 Å². The van der Waals surface area contributed by atoms with Gasteiger partial charge in [-0.05, 0) is 18.6 Å². The molecule has 0 bridgehead atoms. The van der Waals surface area contributed by atoms with Crippen LogP contribution in [0.1, 0.15) is 16.8 Å². The first-order chi connectivity index (χ1) is 8.09. The summed E-state index contributed by atoms with van der Waals surface area (Å²) >= 11 is 5.92. The molecule has 0 spiro atoms. The molecule has 5 heteroatoms. The first-order valence-corrected chi connectivity index (χ1v) is 5.76. The molecule has 1 aromatic rings. The number of benzene rings is 1. The van der Waals surface area contributed by atoms with Crippen molar-refractivity contribution in [1.82, 2.24) is 4.90 Å². The van der Waals surface area contributed by atoms with Gasteiger partial charge in [0.2, 0.25) is 0 Å². The molecule has 90 valence electrons. The summed E-state index contributed by atoms with van der Waals surface area (Å²) < 4.78 is 0. The molecule has 0 aliphatic carbocycles. The Morgan fingerprint density at radius 1 is 1.29 bits per heavy atom. The second-order valence-electron chi connectivity index (χ2n) is 4.01. The number of aliphatic carboxylic acids is 1. The topological polar surface area (TPSA) is 57.6 Å². The van der Waals surface area contributed by atoms with E-state index in [-0.39, 0.29) is 17.8 Å². The van der Waals surface area contributed by atoms with Gasteiger partial charge in [0, 0.05) is 12.1 Å². The fourth-order valence-corrected chi connectivity index (χ4v) is 2.31. The number of carboxylic acids is 1. The summed E-state index contributed by atoms with van der Waals surface area (Å²) in [6.45, 7) is 0.284. The van der Waals surface area contributed by atoms with Gasteiger partial charge >= 0.3 is 5.97 Å². The molecule has 1 aliphatic heterocycles. The highest BCUT2D eigenvalue weighted by Gasteiger charge is 2.39. The van der Waals surface area contributed by atoms with Gasteiger partial charge in [-0.2, -0.15) is 0 Å². The van der Waals surface area contributed by atoms with E-state index in [1.165, 1.54) is 4.90 Å². The van der Waals surface area contributed by atoms with Gasteiger partial charge in [0.05, 0.1) is 5.38 Å². The highest BCUT2D eigenvalue weighted by molar-refractivity contribution is 6.21. The van der Waals surface area contributed by atoms with Gasteiger partial charge in [-0.25, -0.2) is 4.79 Å². The number of alkyl halides is 1. The van der Waals surface area contributed by atoms with Gasteiger partial charge in [0.25, 0.3) is 5.91 Å². The largest absolute Gasteiger partial charge is 0.480 e. The van der Waals surface area contributed by atoms with Crippen molar-refractivity contribution in [3.05, 3.63) is 35.9 Å². The fourth-order valence-electron chi connectivity index (χ4n) is 1.99. The predicted molar refractivity (Wildman–Crippen MR) is 63.2 cm³/mol. The van der Waals surface area contributed by atoms with Crippen molar-refractivity contribution in [3.63, 3.8) is 0 Å². The third-order valence-electron chi connectivity index (χ3n) is 2.82. The summed E-state index contributed by atoms with van der Waals surface area (Å²) in [7, 11) is 0. The van der Waals surface area contributed by atoms with E-state index in [9.17, 15) is 9.59 Å². The maximum Gasteiger partial charge on any atom is 0.326 e. The van der Waals surface area contributed by atoms with Crippen LogP contribution < -0.4 is 0 Å². The van der Waals surface area contributed by atoms with E-state index >= 15 is 0 Å². The minimum Gasteiger partial charge on any atom is -0.480 e. The third kappa shape index (κ3) is 2.42. The van der Waals surface area contributed by atoms with Gasteiger partial charge in [0.1, 0.15) is 6.04 Å². The molecule has 17 heavy (non-hydrogen) atoms. The molecule has 0 aromatic heterocycles. The van der Waals surface area contributed by atoms with Crippen LogP contribution in [0.2, 0.25) is 0 Å². The van der Waals surface area contributed by atoms with Gasteiger partial charge < -0.3 is 10.0 Å². The molecule has 2 atom stereocenters. The molecule has 1 aromatic carbocycles. The number of amides is 1. The molecule has 1 N–H and O–H groups in total. The number of hydrogen-bond donors (Lipinski definition) is 1. The minimum atomic E-state index is -1.00. The summed E-state index contributed by atoms with van der Waals surface area (Å²) in [5.74, 6) is -1.28. The van der Waals surface area contributed by atoms with Crippen LogP contribution in [0.15, 0.2) is 30.3 Å². The Morgan fingerprint density at radius 3 is 2.53 bits per heavy atom. The van der Waals surface area contributed by atoms with E-state index in [1.54, 1.807) is 30.3 Å². The first-order valence-electron chi connectivity index (χ1n) is 5.32. The van der Waals surface area contributed by atoms with Crippen molar-refractivity contribution in [3.8, 4) is 0 Å². The SMILES string of the molecule is O=C(O)[C@@H]1C[C@@H](Cl)CN1C(=O)c1ccccc1. The number of hydrogen-bond acceptors (Lipinski definition) is 2. The van der Waals surface area contributed by atoms with Crippen LogP contribution >= 0.6 is 11.6 Å². The molecule has 1 heterocycles. The second kappa shape index (κ2) is 4.75. The van der Waals surface area contributed by atoms with Gasteiger partial charge in [-0.3, -0.25) is 4.79 Å². The van der Waals surface area contributed by atoms with E-state index in [0.29, 0.717) is 12.0 Å². The van der Waals surface area contributed by atoms with Crippen LogP contribution in [0.3, 0.4) is 0 Å². The Morgan fingerprint density at radius 2 is 1.94 bits per heavy atom. The zero-order valence-electron chi connectivity index (χ0n) is 9.04. The van der Waals surface area contributed by atoms with Crippen molar-refractivity contribution >= 4 is 23.5 Å². The molecular weight excluding hydrogens is 242 g/mol. The highest BCUT2D eigenvalue weighted by atomic mass is 35.5. The molecule has 1 amide bonds. The molecule has 4 nitrogen and oxygen atoms in total. The summed E-state index contributed by atoms with van der Waals surface area (Å²) in [5, 5.41) is 8.76. The monoisotopic (exact) mass is 253 g/mol. The lowest BCUT2D eigenvalue weighted by Gasteiger charge is -2.21. The van der Waals surface area contributed by atoms with E-state index in [4.69, 9.17) is 16.7 Å². The molecule has 1 aliphatic rings. The van der Waals surface area contributed by atoms with Crippen LogP contribution in [0.5, 0.6) is 0 Å². The van der Waals surface area contributed by atoms with Crippen LogP contribution in [0.25, 0.3) is 0 Å². The van der Waals surface area contributed by atoms with Crippen molar-refractivity contribution in [2.24, 2.45) is 0 Å². The van der Waals surface area contributed by atoms with Crippen LogP contribution in [0, 0.1) is 0 Å².